The molecule has 0 fully saturated rings. The van der Waals surface area contributed by atoms with Crippen molar-refractivity contribution in [3.63, 3.8) is 0 Å². The lowest BCUT2D eigenvalue weighted by atomic mass is 10.1. The molecule has 0 aliphatic carbocycles. The van der Waals surface area contributed by atoms with E-state index in [1.807, 2.05) is 6.92 Å². The first-order valence-corrected chi connectivity index (χ1v) is 12.7. The molecule has 0 saturated carbocycles. The number of hydrogen-bond donors (Lipinski definition) is 1. The Morgan fingerprint density at radius 1 is 1.00 bits per heavy atom. The van der Waals surface area contributed by atoms with E-state index in [-0.39, 0.29) is 44.4 Å². The molecule has 4 aromatic rings. The lowest BCUT2D eigenvalue weighted by molar-refractivity contribution is 0.0526. The van der Waals surface area contributed by atoms with Crippen LogP contribution in [0.15, 0.2) is 77.8 Å². The van der Waals surface area contributed by atoms with Crippen molar-refractivity contribution in [2.24, 2.45) is 0 Å². The number of pyridine rings is 1. The molecule has 1 aromatic heterocycles. The average Bonchev–Trinajstić information content (AvgIpc) is 2.86. The number of hydrogen-bond acceptors (Lipinski definition) is 7. The molecule has 0 saturated heterocycles. The lowest BCUT2D eigenvalue weighted by Crippen LogP contribution is -2.14. The second-order valence-electron chi connectivity index (χ2n) is 7.71. The highest BCUT2D eigenvalue weighted by Gasteiger charge is 2.24. The van der Waals surface area contributed by atoms with E-state index in [0.717, 1.165) is 5.56 Å². The minimum Gasteiger partial charge on any atom is -0.462 e. The minimum absolute atomic E-state index is 0.0313. The summed E-state index contributed by atoms with van der Waals surface area (Å²) in [6.45, 7) is 3.57. The third-order valence-corrected chi connectivity index (χ3v) is 6.85. The molecule has 10 heteroatoms. The summed E-state index contributed by atoms with van der Waals surface area (Å²) in [5, 5.41) is 2.66. The van der Waals surface area contributed by atoms with Crippen LogP contribution in [0.2, 0.25) is 5.02 Å². The van der Waals surface area contributed by atoms with E-state index in [0.29, 0.717) is 5.56 Å². The molecule has 0 unspecified atom stereocenters. The van der Waals surface area contributed by atoms with Gasteiger partial charge in [-0.1, -0.05) is 47.5 Å². The van der Waals surface area contributed by atoms with E-state index >= 15 is 0 Å². The van der Waals surface area contributed by atoms with Crippen LogP contribution in [0, 0.1) is 6.92 Å². The van der Waals surface area contributed by atoms with Gasteiger partial charge in [0.1, 0.15) is 4.90 Å². The molecule has 3 aromatic carbocycles. The van der Waals surface area contributed by atoms with Gasteiger partial charge in [-0.05, 0) is 50.2 Å². The second-order valence-corrected chi connectivity index (χ2v) is 9.64. The first kappa shape index (κ1) is 25.2. The van der Waals surface area contributed by atoms with Crippen LogP contribution in [0.25, 0.3) is 10.9 Å². The number of benzene rings is 3. The van der Waals surface area contributed by atoms with E-state index in [1.165, 1.54) is 30.5 Å². The van der Waals surface area contributed by atoms with Crippen molar-refractivity contribution >= 4 is 50.2 Å². The van der Waals surface area contributed by atoms with Gasteiger partial charge in [0.25, 0.3) is 5.91 Å². The molecular weight excluding hydrogens is 504 g/mol. The number of rotatable bonds is 7. The molecule has 0 spiro atoms. The zero-order chi connectivity index (χ0) is 25.9. The zero-order valence-electron chi connectivity index (χ0n) is 19.3. The van der Waals surface area contributed by atoms with Crippen LogP contribution in [0.5, 0.6) is 5.75 Å². The predicted molar refractivity (Wildman–Crippen MR) is 136 cm³/mol. The second kappa shape index (κ2) is 10.3. The largest absolute Gasteiger partial charge is 0.462 e. The highest BCUT2D eigenvalue weighted by molar-refractivity contribution is 7.87. The van der Waals surface area contributed by atoms with Crippen molar-refractivity contribution in [1.29, 1.82) is 0 Å². The molecule has 1 heterocycles. The van der Waals surface area contributed by atoms with Crippen LogP contribution in [0.1, 0.15) is 33.2 Å². The zero-order valence-corrected chi connectivity index (χ0v) is 20.9. The van der Waals surface area contributed by atoms with Crippen LogP contribution in [0.3, 0.4) is 0 Å². The van der Waals surface area contributed by atoms with E-state index in [4.69, 9.17) is 20.5 Å². The fourth-order valence-corrected chi connectivity index (χ4v) is 4.67. The fourth-order valence-electron chi connectivity index (χ4n) is 3.42. The molecular formula is C26H21ClN2O6S. The molecule has 0 bridgehead atoms. The number of aromatic nitrogens is 1. The Morgan fingerprint density at radius 3 is 2.36 bits per heavy atom. The number of esters is 1. The van der Waals surface area contributed by atoms with Crippen LogP contribution in [-0.2, 0) is 14.9 Å². The first-order valence-electron chi connectivity index (χ1n) is 10.9. The van der Waals surface area contributed by atoms with Crippen LogP contribution < -0.4 is 9.50 Å². The number of nitrogens with zero attached hydrogens (tertiary/aromatic N) is 1. The Bertz CT molecular complexity index is 1560. The normalized spacial score (nSPS) is 11.2. The Balaban J connectivity index is 1.84. The average molecular weight is 525 g/mol. The van der Waals surface area contributed by atoms with Crippen LogP contribution in [-0.4, -0.2) is 31.9 Å². The highest BCUT2D eigenvalue weighted by atomic mass is 35.5. The number of carbonyl (C=O) groups excluding carboxylic acids is 2. The Morgan fingerprint density at radius 2 is 1.69 bits per heavy atom. The molecule has 36 heavy (non-hydrogen) atoms. The van der Waals surface area contributed by atoms with Crippen LogP contribution >= 0.6 is 11.6 Å². The number of halogens is 1. The summed E-state index contributed by atoms with van der Waals surface area (Å²) in [5.41, 5.74) is 1.59. The minimum atomic E-state index is -4.25. The fraction of sp³-hybridized carbons (Fsp3) is 0.115. The van der Waals surface area contributed by atoms with Crippen molar-refractivity contribution in [3.05, 3.63) is 94.6 Å². The number of anilines is 1. The molecule has 184 valence electrons. The van der Waals surface area contributed by atoms with Gasteiger partial charge in [-0.2, -0.15) is 8.42 Å². The quantitative estimate of drug-likeness (QED) is 0.254. The highest BCUT2D eigenvalue weighted by Crippen LogP contribution is 2.39. The molecule has 0 atom stereocenters. The molecule has 1 N–H and O–H groups in total. The summed E-state index contributed by atoms with van der Waals surface area (Å²) in [6.07, 6.45) is 1.21. The molecule has 8 nitrogen and oxygen atoms in total. The summed E-state index contributed by atoms with van der Waals surface area (Å²) in [6, 6.07) is 17.4. The Kier molecular flexibility index (Phi) is 7.23. The first-order chi connectivity index (χ1) is 17.2. The van der Waals surface area contributed by atoms with Gasteiger partial charge in [-0.15, -0.1) is 0 Å². The van der Waals surface area contributed by atoms with Gasteiger partial charge in [-0.3, -0.25) is 9.78 Å². The SMILES string of the molecule is CCOC(=O)c1cnc2c(NC(=O)c3ccccc3)ccc(OS(=O)(=O)c3ccc(C)cc3)c2c1Cl. The standard InChI is InChI=1S/C26H21ClN2O6S/c1-3-34-26(31)19-15-28-24-20(29-25(30)17-7-5-4-6-8-17)13-14-21(22(24)23(19)27)35-36(32,33)18-11-9-16(2)10-12-18/h4-15H,3H2,1-2H3,(H,29,30). The van der Waals surface area contributed by atoms with Gasteiger partial charge in [0.15, 0.2) is 5.75 Å². The third-order valence-electron chi connectivity index (χ3n) is 5.21. The van der Waals surface area contributed by atoms with Gasteiger partial charge in [0.2, 0.25) is 0 Å². The van der Waals surface area contributed by atoms with Gasteiger partial charge in [-0.25, -0.2) is 4.79 Å². The number of carbonyl (C=O) groups is 2. The molecule has 0 aliphatic heterocycles. The number of nitrogens with one attached hydrogen (secondary N) is 1. The maximum atomic E-state index is 13.0. The smallest absolute Gasteiger partial charge is 0.341 e. The van der Waals surface area contributed by atoms with Crippen molar-refractivity contribution in [2.75, 3.05) is 11.9 Å². The van der Waals surface area contributed by atoms with Crippen molar-refractivity contribution in [1.82, 2.24) is 4.98 Å². The number of aryl methyl sites for hydroxylation is 1. The topological polar surface area (TPSA) is 112 Å². The van der Waals surface area contributed by atoms with Crippen molar-refractivity contribution in [3.8, 4) is 5.75 Å². The van der Waals surface area contributed by atoms with Crippen molar-refractivity contribution < 1.29 is 26.9 Å². The molecule has 0 aliphatic rings. The lowest BCUT2D eigenvalue weighted by Gasteiger charge is -2.15. The van der Waals surface area contributed by atoms with E-state index in [1.54, 1.807) is 49.4 Å². The number of amides is 1. The van der Waals surface area contributed by atoms with Gasteiger partial charge < -0.3 is 14.2 Å². The Hall–Kier alpha value is -3.95. The summed E-state index contributed by atoms with van der Waals surface area (Å²) < 4.78 is 36.5. The van der Waals surface area contributed by atoms with Gasteiger partial charge in [0.05, 0.1) is 33.8 Å². The number of fused-ring (bicyclic) bond motifs is 1. The van der Waals surface area contributed by atoms with Crippen molar-refractivity contribution in [2.45, 2.75) is 18.7 Å². The van der Waals surface area contributed by atoms with E-state index in [2.05, 4.69) is 10.3 Å². The summed E-state index contributed by atoms with van der Waals surface area (Å²) in [7, 11) is -4.25. The molecule has 0 radical (unpaired) electrons. The van der Waals surface area contributed by atoms with Crippen LogP contribution in [0.4, 0.5) is 5.69 Å². The summed E-state index contributed by atoms with van der Waals surface area (Å²) >= 11 is 6.57. The molecule has 4 rings (SSSR count). The molecule has 1 amide bonds. The van der Waals surface area contributed by atoms with Gasteiger partial charge >= 0.3 is 16.1 Å². The maximum absolute atomic E-state index is 13.0. The maximum Gasteiger partial charge on any atom is 0.341 e. The number of ether oxygens (including phenoxy) is 1. The predicted octanol–water partition coefficient (Wildman–Crippen LogP) is 5.39. The Labute approximate surface area is 213 Å². The summed E-state index contributed by atoms with van der Waals surface area (Å²) in [5.74, 6) is -1.31. The summed E-state index contributed by atoms with van der Waals surface area (Å²) in [4.78, 5) is 29.4. The monoisotopic (exact) mass is 524 g/mol. The van der Waals surface area contributed by atoms with E-state index < -0.39 is 22.0 Å². The van der Waals surface area contributed by atoms with E-state index in [9.17, 15) is 18.0 Å². The third kappa shape index (κ3) is 5.17. The van der Waals surface area contributed by atoms with Gasteiger partial charge in [0, 0.05) is 11.8 Å².